The third-order valence-electron chi connectivity index (χ3n) is 3.57. The summed E-state index contributed by atoms with van der Waals surface area (Å²) in [6.45, 7) is 10.7. The number of likely N-dealkylation sites (tertiary alicyclic amines) is 1. The highest BCUT2D eigenvalue weighted by molar-refractivity contribution is 4.87. The molecule has 12 heavy (non-hydrogen) atoms. The maximum Gasteiger partial charge on any atom is 0.0150 e. The van der Waals surface area contributed by atoms with E-state index in [0.29, 0.717) is 11.0 Å². The van der Waals surface area contributed by atoms with Crippen LogP contribution in [0, 0.1) is 5.41 Å². The van der Waals surface area contributed by atoms with Crippen molar-refractivity contribution in [3.8, 4) is 0 Å². The van der Waals surface area contributed by atoms with Gasteiger partial charge in [-0.1, -0.05) is 13.8 Å². The van der Waals surface area contributed by atoms with Crippen LogP contribution in [-0.2, 0) is 0 Å². The van der Waals surface area contributed by atoms with Gasteiger partial charge < -0.3 is 4.90 Å². The molecule has 1 rings (SSSR count). The molecule has 0 saturated carbocycles. The van der Waals surface area contributed by atoms with Crippen LogP contribution in [0.1, 0.15) is 47.0 Å². The SMILES string of the molecule is CN1CCC(C)(C)CCC1(C)C. The second-order valence-corrected chi connectivity index (χ2v) is 5.65. The summed E-state index contributed by atoms with van der Waals surface area (Å²) in [5.41, 5.74) is 0.968. The molecule has 1 heteroatoms. The van der Waals surface area contributed by atoms with Crippen molar-refractivity contribution in [2.75, 3.05) is 13.6 Å². The second-order valence-electron chi connectivity index (χ2n) is 5.65. The molecule has 1 heterocycles. The standard InChI is InChI=1S/C11H23N/c1-10(2)6-7-11(3,4)12(5)9-8-10/h6-9H2,1-5H3. The van der Waals surface area contributed by atoms with Gasteiger partial charge in [-0.15, -0.1) is 0 Å². The van der Waals surface area contributed by atoms with Crippen molar-refractivity contribution in [1.29, 1.82) is 0 Å². The molecule has 0 spiro atoms. The minimum atomic E-state index is 0.410. The van der Waals surface area contributed by atoms with Crippen LogP contribution in [0.5, 0.6) is 0 Å². The van der Waals surface area contributed by atoms with Crippen molar-refractivity contribution in [1.82, 2.24) is 4.90 Å². The van der Waals surface area contributed by atoms with Crippen molar-refractivity contribution >= 4 is 0 Å². The molecule has 0 radical (unpaired) electrons. The Labute approximate surface area is 77.1 Å². The van der Waals surface area contributed by atoms with E-state index in [1.807, 2.05) is 0 Å². The van der Waals surface area contributed by atoms with Crippen molar-refractivity contribution in [3.63, 3.8) is 0 Å². The summed E-state index contributed by atoms with van der Waals surface area (Å²) in [5, 5.41) is 0. The lowest BCUT2D eigenvalue weighted by atomic mass is 9.83. The molecule has 0 aromatic rings. The molecule has 1 saturated heterocycles. The van der Waals surface area contributed by atoms with Gasteiger partial charge in [0, 0.05) is 5.54 Å². The maximum atomic E-state index is 2.50. The quantitative estimate of drug-likeness (QED) is 0.539. The molecular formula is C11H23N. The lowest BCUT2D eigenvalue weighted by Crippen LogP contribution is -2.40. The Balaban J connectivity index is 2.66. The van der Waals surface area contributed by atoms with E-state index in [1.165, 1.54) is 25.8 Å². The number of nitrogens with zero attached hydrogens (tertiary/aromatic N) is 1. The van der Waals surface area contributed by atoms with Crippen LogP contribution in [0.2, 0.25) is 0 Å². The predicted molar refractivity (Wildman–Crippen MR) is 54.3 cm³/mol. The highest BCUT2D eigenvalue weighted by atomic mass is 15.2. The second kappa shape index (κ2) is 3.02. The highest BCUT2D eigenvalue weighted by Crippen LogP contribution is 2.35. The molecule has 0 aliphatic carbocycles. The molecule has 0 unspecified atom stereocenters. The van der Waals surface area contributed by atoms with Gasteiger partial charge in [-0.05, 0) is 52.1 Å². The van der Waals surface area contributed by atoms with E-state index in [1.54, 1.807) is 0 Å². The average molecular weight is 169 g/mol. The first-order chi connectivity index (χ1) is 5.33. The predicted octanol–water partition coefficient (Wildman–Crippen LogP) is 2.91. The monoisotopic (exact) mass is 169 g/mol. The van der Waals surface area contributed by atoms with Crippen LogP contribution >= 0.6 is 0 Å². The van der Waals surface area contributed by atoms with Crippen LogP contribution < -0.4 is 0 Å². The lowest BCUT2D eigenvalue weighted by molar-refractivity contribution is 0.159. The lowest BCUT2D eigenvalue weighted by Gasteiger charge is -2.33. The molecule has 0 amide bonds. The van der Waals surface area contributed by atoms with Crippen LogP contribution in [-0.4, -0.2) is 24.0 Å². The smallest absolute Gasteiger partial charge is 0.0150 e. The van der Waals surface area contributed by atoms with Gasteiger partial charge in [-0.3, -0.25) is 0 Å². The molecule has 0 bridgehead atoms. The highest BCUT2D eigenvalue weighted by Gasteiger charge is 2.31. The van der Waals surface area contributed by atoms with Gasteiger partial charge >= 0.3 is 0 Å². The first-order valence-corrected chi connectivity index (χ1v) is 5.05. The van der Waals surface area contributed by atoms with Gasteiger partial charge in [0.05, 0.1) is 0 Å². The zero-order chi connectivity index (χ0) is 9.41. The van der Waals surface area contributed by atoms with Crippen molar-refractivity contribution in [2.24, 2.45) is 5.41 Å². The molecule has 72 valence electrons. The number of rotatable bonds is 0. The van der Waals surface area contributed by atoms with Crippen LogP contribution in [0.4, 0.5) is 0 Å². The van der Waals surface area contributed by atoms with Gasteiger partial charge in [-0.2, -0.15) is 0 Å². The average Bonchev–Trinajstić information content (AvgIpc) is 2.03. The summed E-state index contributed by atoms with van der Waals surface area (Å²) in [6.07, 6.45) is 4.04. The summed E-state index contributed by atoms with van der Waals surface area (Å²) < 4.78 is 0. The van der Waals surface area contributed by atoms with Crippen molar-refractivity contribution in [3.05, 3.63) is 0 Å². The van der Waals surface area contributed by atoms with Gasteiger partial charge in [0.15, 0.2) is 0 Å². The summed E-state index contributed by atoms with van der Waals surface area (Å²) in [4.78, 5) is 2.50. The van der Waals surface area contributed by atoms with Gasteiger partial charge in [-0.25, -0.2) is 0 Å². The Morgan fingerprint density at radius 1 is 0.917 bits per heavy atom. The first kappa shape index (κ1) is 10.0. The molecular weight excluding hydrogens is 146 g/mol. The van der Waals surface area contributed by atoms with E-state index in [0.717, 1.165) is 0 Å². The van der Waals surface area contributed by atoms with E-state index >= 15 is 0 Å². The van der Waals surface area contributed by atoms with Gasteiger partial charge in [0.1, 0.15) is 0 Å². The summed E-state index contributed by atoms with van der Waals surface area (Å²) >= 11 is 0. The Morgan fingerprint density at radius 2 is 1.50 bits per heavy atom. The minimum absolute atomic E-state index is 0.410. The van der Waals surface area contributed by atoms with Crippen molar-refractivity contribution < 1.29 is 0 Å². The molecule has 1 aliphatic rings. The van der Waals surface area contributed by atoms with Crippen LogP contribution in [0.25, 0.3) is 0 Å². The van der Waals surface area contributed by atoms with E-state index in [-0.39, 0.29) is 0 Å². The van der Waals surface area contributed by atoms with E-state index in [4.69, 9.17) is 0 Å². The molecule has 1 aliphatic heterocycles. The topological polar surface area (TPSA) is 3.24 Å². The van der Waals surface area contributed by atoms with Crippen LogP contribution in [0.15, 0.2) is 0 Å². The zero-order valence-electron chi connectivity index (χ0n) is 9.28. The number of hydrogen-bond donors (Lipinski definition) is 0. The minimum Gasteiger partial charge on any atom is -0.301 e. The molecule has 0 N–H and O–H groups in total. The molecule has 0 aromatic heterocycles. The maximum absolute atomic E-state index is 2.50. The number of hydrogen-bond acceptors (Lipinski definition) is 1. The van der Waals surface area contributed by atoms with E-state index in [9.17, 15) is 0 Å². The van der Waals surface area contributed by atoms with E-state index in [2.05, 4.69) is 39.6 Å². The fourth-order valence-corrected chi connectivity index (χ4v) is 1.73. The molecule has 1 fully saturated rings. The van der Waals surface area contributed by atoms with Gasteiger partial charge in [0.2, 0.25) is 0 Å². The molecule has 0 atom stereocenters. The van der Waals surface area contributed by atoms with Gasteiger partial charge in [0.25, 0.3) is 0 Å². The molecule has 0 aromatic carbocycles. The first-order valence-electron chi connectivity index (χ1n) is 5.05. The zero-order valence-corrected chi connectivity index (χ0v) is 9.28. The third-order valence-corrected chi connectivity index (χ3v) is 3.57. The Kier molecular flexibility index (Phi) is 2.53. The van der Waals surface area contributed by atoms with Crippen molar-refractivity contribution in [2.45, 2.75) is 52.5 Å². The normalized spacial score (nSPS) is 29.8. The summed E-state index contributed by atoms with van der Waals surface area (Å²) in [7, 11) is 2.25. The largest absolute Gasteiger partial charge is 0.301 e. The molecule has 1 nitrogen and oxygen atoms in total. The fraction of sp³-hybridized carbons (Fsp3) is 1.00. The summed E-state index contributed by atoms with van der Waals surface area (Å²) in [6, 6.07) is 0. The van der Waals surface area contributed by atoms with E-state index < -0.39 is 0 Å². The summed E-state index contributed by atoms with van der Waals surface area (Å²) in [5.74, 6) is 0. The third kappa shape index (κ3) is 2.22. The fourth-order valence-electron chi connectivity index (χ4n) is 1.73. The van der Waals surface area contributed by atoms with Crippen LogP contribution in [0.3, 0.4) is 0 Å². The Hall–Kier alpha value is -0.0400. The Bertz CT molecular complexity index is 158. The Morgan fingerprint density at radius 3 is 2.08 bits per heavy atom.